The summed E-state index contributed by atoms with van der Waals surface area (Å²) in [6.45, 7) is 0. The Morgan fingerprint density at radius 3 is 2.54 bits per heavy atom. The highest BCUT2D eigenvalue weighted by atomic mass is 16.5. The van der Waals surface area contributed by atoms with E-state index in [1.807, 2.05) is 42.5 Å². The van der Waals surface area contributed by atoms with Crippen LogP contribution in [0.1, 0.15) is 5.56 Å². The van der Waals surface area contributed by atoms with Crippen LogP contribution in [-0.4, -0.2) is 17.1 Å². The average Bonchev–Trinajstić information content (AvgIpc) is 2.63. The number of nitriles is 1. The third kappa shape index (κ3) is 3.59. The maximum atomic E-state index is 9.14. The van der Waals surface area contributed by atoms with Gasteiger partial charge in [0.1, 0.15) is 17.6 Å². The molecule has 0 unspecified atom stereocenters. The molecule has 2 N–H and O–H groups in total. The van der Waals surface area contributed by atoms with Gasteiger partial charge in [0.05, 0.1) is 18.4 Å². The monoisotopic (exact) mass is 317 g/mol. The standard InChI is InChI=1S/C18H15N5O/c1-24-15-8-6-14(7-9-15)21-18-20-11-10-17(23-18)22-16-5-3-2-4-13(16)12-19/h2-11H,1H3,(H2,20,21,22,23). The fraction of sp³-hybridized carbons (Fsp3) is 0.0556. The van der Waals surface area contributed by atoms with E-state index in [1.165, 1.54) is 0 Å². The molecule has 0 aliphatic carbocycles. The van der Waals surface area contributed by atoms with Crippen LogP contribution in [0.15, 0.2) is 60.8 Å². The molecule has 3 aromatic rings. The third-order valence-electron chi connectivity index (χ3n) is 3.31. The maximum Gasteiger partial charge on any atom is 0.229 e. The smallest absolute Gasteiger partial charge is 0.229 e. The van der Waals surface area contributed by atoms with Crippen LogP contribution < -0.4 is 15.4 Å². The number of benzene rings is 2. The first kappa shape index (κ1) is 15.3. The molecule has 0 radical (unpaired) electrons. The second kappa shape index (κ2) is 7.11. The first-order valence-corrected chi connectivity index (χ1v) is 7.29. The number of hydrogen-bond donors (Lipinski definition) is 2. The Morgan fingerprint density at radius 1 is 1.00 bits per heavy atom. The zero-order chi connectivity index (χ0) is 16.8. The topological polar surface area (TPSA) is 82.9 Å². The highest BCUT2D eigenvalue weighted by Crippen LogP contribution is 2.21. The highest BCUT2D eigenvalue weighted by molar-refractivity contribution is 5.65. The predicted molar refractivity (Wildman–Crippen MR) is 92.7 cm³/mol. The van der Waals surface area contributed by atoms with Crippen molar-refractivity contribution < 1.29 is 4.74 Å². The number of para-hydroxylation sites is 1. The van der Waals surface area contributed by atoms with Crippen LogP contribution in [0, 0.1) is 11.3 Å². The molecule has 0 atom stereocenters. The second-order valence-electron chi connectivity index (χ2n) is 4.90. The van der Waals surface area contributed by atoms with Crippen molar-refractivity contribution in [2.24, 2.45) is 0 Å². The summed E-state index contributed by atoms with van der Waals surface area (Å²) in [5, 5.41) is 15.4. The zero-order valence-electron chi connectivity index (χ0n) is 13.0. The van der Waals surface area contributed by atoms with E-state index in [-0.39, 0.29) is 0 Å². The molecule has 1 aromatic heterocycles. The van der Waals surface area contributed by atoms with Crippen molar-refractivity contribution in [3.8, 4) is 11.8 Å². The summed E-state index contributed by atoms with van der Waals surface area (Å²) in [6, 6.07) is 18.6. The van der Waals surface area contributed by atoms with Gasteiger partial charge in [-0.25, -0.2) is 4.98 Å². The van der Waals surface area contributed by atoms with Crippen LogP contribution in [0.2, 0.25) is 0 Å². The molecular weight excluding hydrogens is 302 g/mol. The number of aromatic nitrogens is 2. The summed E-state index contributed by atoms with van der Waals surface area (Å²) in [5.74, 6) is 1.84. The largest absolute Gasteiger partial charge is 0.497 e. The molecule has 118 valence electrons. The molecular formula is C18H15N5O. The van der Waals surface area contributed by atoms with Gasteiger partial charge in [0.25, 0.3) is 0 Å². The minimum Gasteiger partial charge on any atom is -0.497 e. The van der Waals surface area contributed by atoms with Gasteiger partial charge in [-0.1, -0.05) is 12.1 Å². The molecule has 2 aromatic carbocycles. The lowest BCUT2D eigenvalue weighted by Gasteiger charge is -2.09. The van der Waals surface area contributed by atoms with Crippen LogP contribution in [0.4, 0.5) is 23.1 Å². The Bertz CT molecular complexity index is 871. The van der Waals surface area contributed by atoms with Crippen LogP contribution in [0.3, 0.4) is 0 Å². The van der Waals surface area contributed by atoms with E-state index in [0.29, 0.717) is 23.0 Å². The van der Waals surface area contributed by atoms with Crippen LogP contribution >= 0.6 is 0 Å². The Morgan fingerprint density at radius 2 is 1.79 bits per heavy atom. The van der Waals surface area contributed by atoms with Crippen molar-refractivity contribution in [3.63, 3.8) is 0 Å². The molecule has 6 heteroatoms. The summed E-state index contributed by atoms with van der Waals surface area (Å²) in [6.07, 6.45) is 1.65. The second-order valence-corrected chi connectivity index (χ2v) is 4.90. The summed E-state index contributed by atoms with van der Waals surface area (Å²) in [7, 11) is 1.62. The molecule has 0 bridgehead atoms. The maximum absolute atomic E-state index is 9.14. The quantitative estimate of drug-likeness (QED) is 0.744. The van der Waals surface area contributed by atoms with Gasteiger partial charge in [0, 0.05) is 11.9 Å². The van der Waals surface area contributed by atoms with E-state index in [2.05, 4.69) is 26.7 Å². The molecule has 24 heavy (non-hydrogen) atoms. The molecule has 0 saturated carbocycles. The summed E-state index contributed by atoms with van der Waals surface area (Å²) in [4.78, 5) is 8.61. The molecule has 6 nitrogen and oxygen atoms in total. The van der Waals surface area contributed by atoms with Gasteiger partial charge in [0.2, 0.25) is 5.95 Å². The van der Waals surface area contributed by atoms with E-state index in [4.69, 9.17) is 10.00 Å². The molecule has 3 rings (SSSR count). The minimum absolute atomic E-state index is 0.458. The van der Waals surface area contributed by atoms with Crippen LogP contribution in [0.25, 0.3) is 0 Å². The van der Waals surface area contributed by atoms with Crippen molar-refractivity contribution in [3.05, 3.63) is 66.4 Å². The lowest BCUT2D eigenvalue weighted by molar-refractivity contribution is 0.415. The first-order valence-electron chi connectivity index (χ1n) is 7.29. The van der Waals surface area contributed by atoms with E-state index >= 15 is 0 Å². The van der Waals surface area contributed by atoms with Crippen molar-refractivity contribution in [1.29, 1.82) is 5.26 Å². The Hall–Kier alpha value is -3.59. The van der Waals surface area contributed by atoms with E-state index in [0.717, 1.165) is 11.4 Å². The fourth-order valence-corrected chi connectivity index (χ4v) is 2.12. The van der Waals surface area contributed by atoms with Gasteiger partial charge in [-0.05, 0) is 42.5 Å². The first-order chi connectivity index (χ1) is 11.8. The highest BCUT2D eigenvalue weighted by Gasteiger charge is 2.04. The van der Waals surface area contributed by atoms with E-state index in [1.54, 1.807) is 25.4 Å². The number of methoxy groups -OCH3 is 1. The van der Waals surface area contributed by atoms with Gasteiger partial charge < -0.3 is 15.4 Å². The SMILES string of the molecule is COc1ccc(Nc2nccc(Nc3ccccc3C#N)n2)cc1. The van der Waals surface area contributed by atoms with Crippen LogP contribution in [0.5, 0.6) is 5.75 Å². The van der Waals surface area contributed by atoms with Crippen molar-refractivity contribution in [1.82, 2.24) is 9.97 Å². The lowest BCUT2D eigenvalue weighted by atomic mass is 10.2. The number of nitrogens with zero attached hydrogens (tertiary/aromatic N) is 3. The van der Waals surface area contributed by atoms with Gasteiger partial charge in [-0.3, -0.25) is 0 Å². The molecule has 0 saturated heterocycles. The lowest BCUT2D eigenvalue weighted by Crippen LogP contribution is -2.01. The predicted octanol–water partition coefficient (Wildman–Crippen LogP) is 3.84. The number of hydrogen-bond acceptors (Lipinski definition) is 6. The van der Waals surface area contributed by atoms with E-state index < -0.39 is 0 Å². The summed E-state index contributed by atoms with van der Waals surface area (Å²) >= 11 is 0. The third-order valence-corrected chi connectivity index (χ3v) is 3.31. The van der Waals surface area contributed by atoms with Crippen molar-refractivity contribution >= 4 is 23.1 Å². The van der Waals surface area contributed by atoms with Crippen molar-refractivity contribution in [2.45, 2.75) is 0 Å². The fourth-order valence-electron chi connectivity index (χ4n) is 2.12. The molecule has 0 amide bonds. The number of rotatable bonds is 5. The van der Waals surface area contributed by atoms with Gasteiger partial charge in [0.15, 0.2) is 0 Å². The normalized spacial score (nSPS) is 9.83. The number of nitrogens with one attached hydrogen (secondary N) is 2. The van der Waals surface area contributed by atoms with E-state index in [9.17, 15) is 0 Å². The van der Waals surface area contributed by atoms with Gasteiger partial charge >= 0.3 is 0 Å². The zero-order valence-corrected chi connectivity index (χ0v) is 13.0. The summed E-state index contributed by atoms with van der Waals surface area (Å²) < 4.78 is 5.13. The summed E-state index contributed by atoms with van der Waals surface area (Å²) in [5.41, 5.74) is 2.11. The molecule has 0 spiro atoms. The average molecular weight is 317 g/mol. The van der Waals surface area contributed by atoms with Gasteiger partial charge in [-0.2, -0.15) is 10.2 Å². The number of anilines is 4. The minimum atomic E-state index is 0.458. The molecule has 0 aliphatic rings. The van der Waals surface area contributed by atoms with Gasteiger partial charge in [-0.15, -0.1) is 0 Å². The Kier molecular flexibility index (Phi) is 4.54. The molecule has 0 aliphatic heterocycles. The van der Waals surface area contributed by atoms with Crippen LogP contribution in [-0.2, 0) is 0 Å². The van der Waals surface area contributed by atoms with Crippen molar-refractivity contribution in [2.75, 3.05) is 17.7 Å². The molecule has 1 heterocycles. The Balaban J connectivity index is 1.77. The molecule has 0 fully saturated rings. The Labute approximate surface area is 139 Å². The number of ether oxygens (including phenoxy) is 1.